The van der Waals surface area contributed by atoms with Crippen molar-refractivity contribution in [3.63, 3.8) is 0 Å². The van der Waals surface area contributed by atoms with Gasteiger partial charge in [0, 0.05) is 6.42 Å². The van der Waals surface area contributed by atoms with Gasteiger partial charge in [-0.05, 0) is 18.1 Å². The van der Waals surface area contributed by atoms with Crippen molar-refractivity contribution in [1.82, 2.24) is 4.72 Å². The van der Waals surface area contributed by atoms with Crippen molar-refractivity contribution in [1.29, 1.82) is 0 Å². The fourth-order valence-electron chi connectivity index (χ4n) is 1.21. The number of carbonyl (C=O) groups excluding carboxylic acids is 1. The van der Waals surface area contributed by atoms with Crippen LogP contribution in [0.4, 0.5) is 0 Å². The lowest BCUT2D eigenvalue weighted by molar-refractivity contribution is -0.119. The number of ether oxygens (including phenoxy) is 1. The Morgan fingerprint density at radius 3 is 2.86 bits per heavy atom. The quantitative estimate of drug-likeness (QED) is 0.742. The van der Waals surface area contributed by atoms with E-state index in [9.17, 15) is 4.79 Å². The van der Waals surface area contributed by atoms with Gasteiger partial charge in [0.05, 0.1) is 7.11 Å². The number of hydrogen-bond donors (Lipinski definition) is 2. The minimum absolute atomic E-state index is 0.0840. The molecule has 0 unspecified atom stereocenters. The lowest BCUT2D eigenvalue weighted by Gasteiger charge is -2.06. The number of carbonyl (C=O) groups is 1. The molecule has 3 nitrogen and oxygen atoms in total. The summed E-state index contributed by atoms with van der Waals surface area (Å²) in [7, 11) is 1.62. The van der Waals surface area contributed by atoms with Gasteiger partial charge in [-0.25, -0.2) is 0 Å². The van der Waals surface area contributed by atoms with Gasteiger partial charge in [0.2, 0.25) is 5.91 Å². The Kier molecular flexibility index (Phi) is 4.32. The van der Waals surface area contributed by atoms with Crippen molar-refractivity contribution >= 4 is 18.7 Å². The largest absolute Gasteiger partial charge is 0.496 e. The van der Waals surface area contributed by atoms with Crippen LogP contribution in [-0.2, 0) is 11.2 Å². The third-order valence-electron chi connectivity index (χ3n) is 1.94. The molecule has 0 aliphatic heterocycles. The maximum Gasteiger partial charge on any atom is 0.229 e. The lowest BCUT2D eigenvalue weighted by Crippen LogP contribution is -2.12. The molecule has 0 saturated carbocycles. The number of para-hydroxylation sites is 1. The summed E-state index contributed by atoms with van der Waals surface area (Å²) < 4.78 is 7.45. The SMILES string of the molecule is COc1ccccc1CCC(=O)NS. The fourth-order valence-corrected chi connectivity index (χ4v) is 1.33. The third kappa shape index (κ3) is 2.96. The van der Waals surface area contributed by atoms with Gasteiger partial charge in [-0.1, -0.05) is 31.0 Å². The van der Waals surface area contributed by atoms with Gasteiger partial charge in [0.15, 0.2) is 0 Å². The highest BCUT2D eigenvalue weighted by molar-refractivity contribution is 7.78. The molecular formula is C10H13NO2S. The summed E-state index contributed by atoms with van der Waals surface area (Å²) in [5.74, 6) is 0.735. The molecule has 0 aliphatic carbocycles. The second-order valence-corrected chi connectivity index (χ2v) is 3.07. The van der Waals surface area contributed by atoms with E-state index in [0.29, 0.717) is 12.8 Å². The summed E-state index contributed by atoms with van der Waals surface area (Å²) in [6.45, 7) is 0. The second-order valence-electron chi connectivity index (χ2n) is 2.85. The molecule has 0 bridgehead atoms. The van der Waals surface area contributed by atoms with Crippen molar-refractivity contribution in [2.24, 2.45) is 0 Å². The zero-order valence-electron chi connectivity index (χ0n) is 7.99. The summed E-state index contributed by atoms with van der Waals surface area (Å²) >= 11 is 3.68. The highest BCUT2D eigenvalue weighted by atomic mass is 32.1. The Morgan fingerprint density at radius 2 is 2.21 bits per heavy atom. The van der Waals surface area contributed by atoms with Crippen LogP contribution < -0.4 is 9.46 Å². The summed E-state index contributed by atoms with van der Waals surface area (Å²) in [4.78, 5) is 11.0. The number of hydrogen-bond acceptors (Lipinski definition) is 3. The molecule has 0 atom stereocenters. The number of benzene rings is 1. The molecule has 1 amide bonds. The first-order chi connectivity index (χ1) is 6.77. The summed E-state index contributed by atoms with van der Waals surface area (Å²) in [6, 6.07) is 7.66. The number of amides is 1. The summed E-state index contributed by atoms with van der Waals surface area (Å²) in [5.41, 5.74) is 1.03. The van der Waals surface area contributed by atoms with Crippen LogP contribution in [0.1, 0.15) is 12.0 Å². The van der Waals surface area contributed by atoms with E-state index in [0.717, 1.165) is 11.3 Å². The Hall–Kier alpha value is -1.16. The molecule has 4 heteroatoms. The number of thiol groups is 1. The molecule has 1 N–H and O–H groups in total. The highest BCUT2D eigenvalue weighted by Gasteiger charge is 2.04. The molecule has 76 valence electrons. The van der Waals surface area contributed by atoms with Gasteiger partial charge < -0.3 is 9.46 Å². The maximum atomic E-state index is 11.0. The van der Waals surface area contributed by atoms with Crippen LogP contribution in [0, 0.1) is 0 Å². The van der Waals surface area contributed by atoms with E-state index in [2.05, 4.69) is 17.5 Å². The summed E-state index contributed by atoms with van der Waals surface area (Å²) in [5, 5.41) is 0. The Balaban J connectivity index is 2.61. The second kappa shape index (κ2) is 5.54. The van der Waals surface area contributed by atoms with Crippen molar-refractivity contribution in [3.05, 3.63) is 29.8 Å². The molecule has 0 aliphatic rings. The number of methoxy groups -OCH3 is 1. The van der Waals surface area contributed by atoms with E-state index in [1.807, 2.05) is 24.3 Å². The van der Waals surface area contributed by atoms with Crippen LogP contribution in [0.25, 0.3) is 0 Å². The third-order valence-corrected chi connectivity index (χ3v) is 2.19. The zero-order valence-corrected chi connectivity index (χ0v) is 8.88. The van der Waals surface area contributed by atoms with Crippen LogP contribution in [0.3, 0.4) is 0 Å². The van der Waals surface area contributed by atoms with E-state index in [1.165, 1.54) is 0 Å². The van der Waals surface area contributed by atoms with E-state index >= 15 is 0 Å². The zero-order chi connectivity index (χ0) is 10.4. The normalized spacial score (nSPS) is 9.57. The van der Waals surface area contributed by atoms with Gasteiger partial charge in [-0.2, -0.15) is 0 Å². The van der Waals surface area contributed by atoms with E-state index < -0.39 is 0 Å². The van der Waals surface area contributed by atoms with Gasteiger partial charge in [-0.15, -0.1) is 0 Å². The molecule has 0 aromatic heterocycles. The predicted octanol–water partition coefficient (Wildman–Crippen LogP) is 1.59. The van der Waals surface area contributed by atoms with Crippen molar-refractivity contribution < 1.29 is 9.53 Å². The Labute approximate surface area is 89.0 Å². The molecule has 1 aromatic carbocycles. The Morgan fingerprint density at radius 1 is 1.50 bits per heavy atom. The van der Waals surface area contributed by atoms with Crippen LogP contribution in [0.15, 0.2) is 24.3 Å². The van der Waals surface area contributed by atoms with Crippen LogP contribution in [0.2, 0.25) is 0 Å². The van der Waals surface area contributed by atoms with Gasteiger partial charge in [0.25, 0.3) is 0 Å². The van der Waals surface area contributed by atoms with Gasteiger partial charge in [-0.3, -0.25) is 4.79 Å². The van der Waals surface area contributed by atoms with E-state index in [4.69, 9.17) is 4.74 Å². The van der Waals surface area contributed by atoms with Crippen molar-refractivity contribution in [2.45, 2.75) is 12.8 Å². The van der Waals surface area contributed by atoms with Gasteiger partial charge in [0.1, 0.15) is 5.75 Å². The predicted molar refractivity (Wildman–Crippen MR) is 58.4 cm³/mol. The summed E-state index contributed by atoms with van der Waals surface area (Å²) in [6.07, 6.45) is 1.08. The highest BCUT2D eigenvalue weighted by Crippen LogP contribution is 2.18. The van der Waals surface area contributed by atoms with Gasteiger partial charge >= 0.3 is 0 Å². The standard InChI is InChI=1S/C10H13NO2S/c1-13-9-5-3-2-4-8(9)6-7-10(12)11-14/h2-5,14H,6-7H2,1H3,(H,11,12). The van der Waals surface area contributed by atoms with Crippen molar-refractivity contribution in [2.75, 3.05) is 7.11 Å². The topological polar surface area (TPSA) is 38.3 Å². The molecule has 1 rings (SSSR count). The maximum absolute atomic E-state index is 11.0. The van der Waals surface area contributed by atoms with E-state index in [-0.39, 0.29) is 5.91 Å². The molecule has 1 aromatic rings. The first-order valence-electron chi connectivity index (χ1n) is 4.32. The first-order valence-corrected chi connectivity index (χ1v) is 4.77. The Bertz CT molecular complexity index is 315. The smallest absolute Gasteiger partial charge is 0.229 e. The minimum Gasteiger partial charge on any atom is -0.496 e. The molecule has 0 radical (unpaired) electrons. The lowest BCUT2D eigenvalue weighted by atomic mass is 10.1. The molecule has 0 saturated heterocycles. The van der Waals surface area contributed by atoms with Crippen LogP contribution >= 0.6 is 12.8 Å². The number of nitrogens with one attached hydrogen (secondary N) is 1. The average molecular weight is 211 g/mol. The molecular weight excluding hydrogens is 198 g/mol. The van der Waals surface area contributed by atoms with Crippen LogP contribution in [0.5, 0.6) is 5.75 Å². The van der Waals surface area contributed by atoms with Crippen molar-refractivity contribution in [3.8, 4) is 5.75 Å². The monoisotopic (exact) mass is 211 g/mol. The molecule has 0 spiro atoms. The minimum atomic E-state index is -0.0840. The average Bonchev–Trinajstić information content (AvgIpc) is 2.26. The molecule has 0 fully saturated rings. The molecule has 14 heavy (non-hydrogen) atoms. The van der Waals surface area contributed by atoms with Crippen LogP contribution in [-0.4, -0.2) is 13.0 Å². The first kappa shape index (κ1) is 10.9. The fraction of sp³-hybridized carbons (Fsp3) is 0.300. The number of aryl methyl sites for hydroxylation is 1. The molecule has 0 heterocycles. The number of rotatable bonds is 4. The van der Waals surface area contributed by atoms with E-state index in [1.54, 1.807) is 7.11 Å².